The van der Waals surface area contributed by atoms with Crippen molar-refractivity contribution >= 4 is 15.9 Å². The highest BCUT2D eigenvalue weighted by molar-refractivity contribution is 7.89. The van der Waals surface area contributed by atoms with Gasteiger partial charge in [0.25, 0.3) is 0 Å². The first kappa shape index (κ1) is 16.5. The van der Waals surface area contributed by atoms with E-state index in [1.165, 1.54) is 4.31 Å². The van der Waals surface area contributed by atoms with Gasteiger partial charge >= 0.3 is 0 Å². The van der Waals surface area contributed by atoms with Crippen molar-refractivity contribution in [3.63, 3.8) is 0 Å². The summed E-state index contributed by atoms with van der Waals surface area (Å²) in [6.07, 6.45) is 2.29. The zero-order valence-electron chi connectivity index (χ0n) is 13.7. The Morgan fingerprint density at radius 3 is 2.52 bits per heavy atom. The molecule has 1 aromatic carbocycles. The number of carbonyl (C=O) groups excluding carboxylic acids is 1. The largest absolute Gasteiger partial charge is 0.352 e. The highest BCUT2D eigenvalue weighted by atomic mass is 32.2. The summed E-state index contributed by atoms with van der Waals surface area (Å²) in [5.41, 5.74) is 1.13. The van der Waals surface area contributed by atoms with Crippen molar-refractivity contribution < 1.29 is 13.2 Å². The highest BCUT2D eigenvalue weighted by Crippen LogP contribution is 2.30. The summed E-state index contributed by atoms with van der Waals surface area (Å²) in [7, 11) is -3.49. The van der Waals surface area contributed by atoms with Crippen LogP contribution in [0, 0.1) is 5.92 Å². The van der Waals surface area contributed by atoms with E-state index in [0.717, 1.165) is 18.4 Å². The number of fused-ring (bicyclic) bond motifs is 1. The molecule has 0 aliphatic carbocycles. The molecule has 23 heavy (non-hydrogen) atoms. The molecule has 0 aromatic heterocycles. The smallest absolute Gasteiger partial charge is 0.243 e. The third kappa shape index (κ3) is 3.28. The Morgan fingerprint density at radius 1 is 1.17 bits per heavy atom. The third-order valence-corrected chi connectivity index (χ3v) is 6.76. The van der Waals surface area contributed by atoms with Crippen LogP contribution in [0.5, 0.6) is 0 Å². The molecule has 0 saturated carbocycles. The number of nitrogens with zero attached hydrogens (tertiary/aromatic N) is 1. The predicted molar refractivity (Wildman–Crippen MR) is 88.6 cm³/mol. The van der Waals surface area contributed by atoms with Gasteiger partial charge in [-0.3, -0.25) is 4.79 Å². The second kappa shape index (κ2) is 6.24. The topological polar surface area (TPSA) is 66.5 Å². The summed E-state index contributed by atoms with van der Waals surface area (Å²) in [5.74, 6) is 0.643. The van der Waals surface area contributed by atoms with Crippen LogP contribution in [-0.4, -0.2) is 37.8 Å². The van der Waals surface area contributed by atoms with Crippen LogP contribution < -0.4 is 5.32 Å². The molecule has 2 saturated heterocycles. The van der Waals surface area contributed by atoms with Gasteiger partial charge in [-0.15, -0.1) is 0 Å². The quantitative estimate of drug-likeness (QED) is 0.919. The molecule has 6 heteroatoms. The summed E-state index contributed by atoms with van der Waals surface area (Å²) in [5, 5.41) is 2.97. The van der Waals surface area contributed by atoms with Gasteiger partial charge in [0, 0.05) is 25.6 Å². The van der Waals surface area contributed by atoms with E-state index in [1.807, 2.05) is 12.1 Å². The van der Waals surface area contributed by atoms with Crippen LogP contribution in [-0.2, 0) is 14.8 Å². The van der Waals surface area contributed by atoms with Crippen LogP contribution in [0.2, 0.25) is 0 Å². The molecule has 3 rings (SSSR count). The number of sulfonamides is 1. The Morgan fingerprint density at radius 2 is 1.87 bits per heavy atom. The first-order valence-corrected chi connectivity index (χ1v) is 9.71. The second-order valence-electron chi connectivity index (χ2n) is 6.87. The van der Waals surface area contributed by atoms with Gasteiger partial charge in [0.1, 0.15) is 0 Å². The van der Waals surface area contributed by atoms with E-state index in [0.29, 0.717) is 30.3 Å². The number of rotatable bonds is 3. The molecule has 2 aliphatic rings. The predicted octanol–water partition coefficient (Wildman–Crippen LogP) is 2.10. The second-order valence-corrected chi connectivity index (χ2v) is 8.81. The fraction of sp³-hybridized carbons (Fsp3) is 0.588. The zero-order valence-corrected chi connectivity index (χ0v) is 14.5. The van der Waals surface area contributed by atoms with Crippen molar-refractivity contribution in [1.82, 2.24) is 9.62 Å². The molecule has 0 radical (unpaired) electrons. The van der Waals surface area contributed by atoms with Gasteiger partial charge in [-0.1, -0.05) is 26.0 Å². The van der Waals surface area contributed by atoms with E-state index in [4.69, 9.17) is 0 Å². The minimum atomic E-state index is -3.49. The fourth-order valence-electron chi connectivity index (χ4n) is 3.46. The third-order valence-electron chi connectivity index (χ3n) is 4.92. The molecule has 0 spiro atoms. The molecule has 1 N–H and O–H groups in total. The minimum Gasteiger partial charge on any atom is -0.352 e. The summed E-state index contributed by atoms with van der Waals surface area (Å²) >= 11 is 0. The van der Waals surface area contributed by atoms with Crippen molar-refractivity contribution in [2.75, 3.05) is 13.1 Å². The lowest BCUT2D eigenvalue weighted by Gasteiger charge is -2.17. The standard InChI is InChI=1S/C17H24N2O3S/c1-12(2)13-6-8-15(9-7-13)23(21,22)19-10-14-4-3-5-17(20)18-16(14)11-19/h6-9,12,14,16H,3-5,10-11H2,1-2H3,(H,18,20). The molecule has 5 nitrogen and oxygen atoms in total. The number of hydrogen-bond acceptors (Lipinski definition) is 3. The molecule has 126 valence electrons. The van der Waals surface area contributed by atoms with Crippen molar-refractivity contribution in [3.05, 3.63) is 29.8 Å². The molecular formula is C17H24N2O3S. The molecule has 2 unspecified atom stereocenters. The van der Waals surface area contributed by atoms with Crippen molar-refractivity contribution in [2.45, 2.75) is 50.0 Å². The molecule has 2 heterocycles. The molecule has 2 aliphatic heterocycles. The molecule has 1 aromatic rings. The number of hydrogen-bond donors (Lipinski definition) is 1. The van der Waals surface area contributed by atoms with Crippen LogP contribution in [0.4, 0.5) is 0 Å². The van der Waals surface area contributed by atoms with Crippen LogP contribution in [0.25, 0.3) is 0 Å². The maximum Gasteiger partial charge on any atom is 0.243 e. The first-order valence-electron chi connectivity index (χ1n) is 8.27. The van der Waals surface area contributed by atoms with E-state index < -0.39 is 10.0 Å². The van der Waals surface area contributed by atoms with Crippen LogP contribution in [0.1, 0.15) is 44.6 Å². The van der Waals surface area contributed by atoms with Gasteiger partial charge in [-0.25, -0.2) is 8.42 Å². The Labute approximate surface area is 138 Å². The van der Waals surface area contributed by atoms with E-state index in [1.54, 1.807) is 12.1 Å². The Bertz CT molecular complexity index is 682. The highest BCUT2D eigenvalue weighted by Gasteiger charge is 2.40. The maximum absolute atomic E-state index is 12.8. The lowest BCUT2D eigenvalue weighted by Crippen LogP contribution is -2.39. The SMILES string of the molecule is CC(C)c1ccc(S(=O)(=O)N2CC3CCCC(=O)NC3C2)cc1. The van der Waals surface area contributed by atoms with Gasteiger partial charge in [-0.05, 0) is 42.4 Å². The van der Waals surface area contributed by atoms with Crippen LogP contribution >= 0.6 is 0 Å². The van der Waals surface area contributed by atoms with E-state index in [-0.39, 0.29) is 17.9 Å². The van der Waals surface area contributed by atoms with E-state index in [9.17, 15) is 13.2 Å². The van der Waals surface area contributed by atoms with Gasteiger partial charge in [0.05, 0.1) is 4.90 Å². The Balaban J connectivity index is 1.79. The van der Waals surface area contributed by atoms with Crippen LogP contribution in [0.15, 0.2) is 29.2 Å². The van der Waals surface area contributed by atoms with Crippen molar-refractivity contribution in [1.29, 1.82) is 0 Å². The molecule has 2 fully saturated rings. The van der Waals surface area contributed by atoms with E-state index in [2.05, 4.69) is 19.2 Å². The average molecular weight is 336 g/mol. The summed E-state index contributed by atoms with van der Waals surface area (Å²) in [4.78, 5) is 12.0. The summed E-state index contributed by atoms with van der Waals surface area (Å²) < 4.78 is 27.2. The molecule has 1 amide bonds. The fourth-order valence-corrected chi connectivity index (χ4v) is 4.98. The summed E-state index contributed by atoms with van der Waals surface area (Å²) in [6, 6.07) is 7.10. The van der Waals surface area contributed by atoms with Gasteiger partial charge in [0.15, 0.2) is 0 Å². The number of amides is 1. The maximum atomic E-state index is 12.8. The van der Waals surface area contributed by atoms with E-state index >= 15 is 0 Å². The number of nitrogens with one attached hydrogen (secondary N) is 1. The van der Waals surface area contributed by atoms with Gasteiger partial charge < -0.3 is 5.32 Å². The molecular weight excluding hydrogens is 312 g/mol. The first-order chi connectivity index (χ1) is 10.9. The minimum absolute atomic E-state index is 0.0398. The lowest BCUT2D eigenvalue weighted by atomic mass is 9.99. The Kier molecular flexibility index (Phi) is 4.47. The van der Waals surface area contributed by atoms with Crippen molar-refractivity contribution in [2.24, 2.45) is 5.92 Å². The monoisotopic (exact) mass is 336 g/mol. The molecule has 0 bridgehead atoms. The van der Waals surface area contributed by atoms with Gasteiger partial charge in [-0.2, -0.15) is 4.31 Å². The average Bonchev–Trinajstić information content (AvgIpc) is 2.83. The Hall–Kier alpha value is -1.40. The lowest BCUT2D eigenvalue weighted by molar-refractivity contribution is -0.121. The van der Waals surface area contributed by atoms with Gasteiger partial charge in [0.2, 0.25) is 15.9 Å². The molecule has 2 atom stereocenters. The summed E-state index contributed by atoms with van der Waals surface area (Å²) in [6.45, 7) is 5.05. The number of carbonyl (C=O) groups is 1. The zero-order chi connectivity index (χ0) is 16.6. The van der Waals surface area contributed by atoms with Crippen molar-refractivity contribution in [3.8, 4) is 0 Å². The number of benzene rings is 1. The normalized spacial score (nSPS) is 26.0. The van der Waals surface area contributed by atoms with Crippen LogP contribution in [0.3, 0.4) is 0 Å².